The number of benzene rings is 1. The number of hydrogen-bond acceptors (Lipinski definition) is 4. The highest BCUT2D eigenvalue weighted by Gasteiger charge is 2.19. The van der Waals surface area contributed by atoms with E-state index < -0.39 is 28.6 Å². The van der Waals surface area contributed by atoms with Crippen molar-refractivity contribution < 1.29 is 23.4 Å². The molecule has 0 bridgehead atoms. The number of aliphatic hydroxyl groups excluding tert-OH is 1. The number of carboxylic acids is 1. The van der Waals surface area contributed by atoms with E-state index in [4.69, 9.17) is 10.2 Å². The standard InChI is InChI=1S/C10H12BrNO5S/c1-6-2-7(11)4-8(3-6)18(16,17)12-5-9(13)10(14)15/h2-4,9,12-13H,5H2,1H3,(H,14,15)/t9-/m0/s1. The average Bonchev–Trinajstić information content (AvgIpc) is 2.24. The molecule has 3 N–H and O–H groups in total. The predicted octanol–water partition coefficient (Wildman–Crippen LogP) is 0.481. The molecule has 0 aliphatic heterocycles. The molecule has 0 unspecified atom stereocenters. The second-order valence-electron chi connectivity index (χ2n) is 3.67. The molecular weight excluding hydrogens is 326 g/mol. The summed E-state index contributed by atoms with van der Waals surface area (Å²) in [7, 11) is -3.84. The van der Waals surface area contributed by atoms with Crippen molar-refractivity contribution in [3.05, 3.63) is 28.2 Å². The summed E-state index contributed by atoms with van der Waals surface area (Å²) in [6.45, 7) is 1.15. The minimum absolute atomic E-state index is 0.00645. The number of halogens is 1. The number of aliphatic carboxylic acids is 1. The molecule has 18 heavy (non-hydrogen) atoms. The van der Waals surface area contributed by atoms with Gasteiger partial charge < -0.3 is 10.2 Å². The van der Waals surface area contributed by atoms with Gasteiger partial charge in [0.2, 0.25) is 10.0 Å². The van der Waals surface area contributed by atoms with Crippen LogP contribution in [0, 0.1) is 6.92 Å². The van der Waals surface area contributed by atoms with Gasteiger partial charge in [0, 0.05) is 11.0 Å². The van der Waals surface area contributed by atoms with Crippen LogP contribution in [0.3, 0.4) is 0 Å². The molecule has 100 valence electrons. The molecule has 1 aromatic rings. The van der Waals surface area contributed by atoms with E-state index >= 15 is 0 Å². The number of rotatable bonds is 5. The summed E-state index contributed by atoms with van der Waals surface area (Å²) in [5, 5.41) is 17.5. The third-order valence-corrected chi connectivity index (χ3v) is 3.94. The summed E-state index contributed by atoms with van der Waals surface area (Å²) in [6, 6.07) is 4.58. The molecule has 0 heterocycles. The third kappa shape index (κ3) is 4.05. The van der Waals surface area contributed by atoms with Crippen LogP contribution in [0.25, 0.3) is 0 Å². The maximum Gasteiger partial charge on any atom is 0.333 e. The summed E-state index contributed by atoms with van der Waals surface area (Å²) in [6.07, 6.45) is -1.77. The highest BCUT2D eigenvalue weighted by Crippen LogP contribution is 2.18. The first-order valence-corrected chi connectivity index (χ1v) is 7.18. The first-order chi connectivity index (χ1) is 8.22. The lowest BCUT2D eigenvalue weighted by Gasteiger charge is -2.09. The summed E-state index contributed by atoms with van der Waals surface area (Å²) < 4.78 is 26.3. The van der Waals surface area contributed by atoms with Crippen molar-refractivity contribution in [2.75, 3.05) is 6.54 Å². The Balaban J connectivity index is 2.90. The van der Waals surface area contributed by atoms with Gasteiger partial charge in [-0.1, -0.05) is 15.9 Å². The van der Waals surface area contributed by atoms with Crippen LogP contribution in [0.1, 0.15) is 5.56 Å². The van der Waals surface area contributed by atoms with Crippen LogP contribution in [0.2, 0.25) is 0 Å². The molecule has 1 aromatic carbocycles. The van der Waals surface area contributed by atoms with E-state index in [2.05, 4.69) is 15.9 Å². The zero-order valence-corrected chi connectivity index (χ0v) is 11.8. The van der Waals surface area contributed by atoms with Gasteiger partial charge in [-0.25, -0.2) is 17.9 Å². The second kappa shape index (κ2) is 5.79. The monoisotopic (exact) mass is 337 g/mol. The van der Waals surface area contributed by atoms with Crippen LogP contribution in [0.4, 0.5) is 0 Å². The maximum atomic E-state index is 11.8. The summed E-state index contributed by atoms with van der Waals surface area (Å²) in [4.78, 5) is 10.4. The lowest BCUT2D eigenvalue weighted by atomic mass is 10.2. The third-order valence-electron chi connectivity index (χ3n) is 2.08. The quantitative estimate of drug-likeness (QED) is 0.725. The van der Waals surface area contributed by atoms with E-state index in [1.807, 2.05) is 4.72 Å². The first kappa shape index (κ1) is 15.1. The Hall–Kier alpha value is -0.960. The molecular formula is C10H12BrNO5S. The van der Waals surface area contributed by atoms with E-state index in [9.17, 15) is 13.2 Å². The number of hydrogen-bond donors (Lipinski definition) is 3. The van der Waals surface area contributed by atoms with Crippen molar-refractivity contribution in [1.29, 1.82) is 0 Å². The minimum atomic E-state index is -3.84. The van der Waals surface area contributed by atoms with Gasteiger partial charge in [-0.2, -0.15) is 0 Å². The highest BCUT2D eigenvalue weighted by molar-refractivity contribution is 9.10. The lowest BCUT2D eigenvalue weighted by molar-refractivity contribution is -0.146. The molecule has 8 heteroatoms. The van der Waals surface area contributed by atoms with Crippen LogP contribution in [-0.4, -0.2) is 37.2 Å². The van der Waals surface area contributed by atoms with E-state index in [0.29, 0.717) is 4.47 Å². The van der Waals surface area contributed by atoms with Crippen LogP contribution in [-0.2, 0) is 14.8 Å². The number of nitrogens with one attached hydrogen (secondary N) is 1. The van der Waals surface area contributed by atoms with E-state index in [1.165, 1.54) is 12.1 Å². The van der Waals surface area contributed by atoms with Crippen LogP contribution < -0.4 is 4.72 Å². The van der Waals surface area contributed by atoms with E-state index in [0.717, 1.165) is 5.56 Å². The van der Waals surface area contributed by atoms with Crippen molar-refractivity contribution in [3.8, 4) is 0 Å². The van der Waals surface area contributed by atoms with Gasteiger partial charge in [0.05, 0.1) is 4.90 Å². The highest BCUT2D eigenvalue weighted by atomic mass is 79.9. The second-order valence-corrected chi connectivity index (χ2v) is 6.35. The van der Waals surface area contributed by atoms with E-state index in [1.54, 1.807) is 13.0 Å². The fourth-order valence-corrected chi connectivity index (χ4v) is 3.14. The Labute approximate surface area is 113 Å². The Kier molecular flexibility index (Phi) is 4.85. The van der Waals surface area contributed by atoms with Crippen molar-refractivity contribution in [1.82, 2.24) is 4.72 Å². The number of aliphatic hydroxyl groups is 1. The Morgan fingerprint density at radius 2 is 2.06 bits per heavy atom. The number of carbonyl (C=O) groups is 1. The number of carboxylic acid groups (broad SMARTS) is 1. The molecule has 0 saturated heterocycles. The molecule has 0 saturated carbocycles. The van der Waals surface area contributed by atoms with Gasteiger partial charge in [-0.05, 0) is 30.7 Å². The molecule has 1 rings (SSSR count). The van der Waals surface area contributed by atoms with Crippen molar-refractivity contribution in [2.45, 2.75) is 17.9 Å². The Bertz CT molecular complexity index is 537. The number of aryl methyl sites for hydroxylation is 1. The first-order valence-electron chi connectivity index (χ1n) is 4.90. The minimum Gasteiger partial charge on any atom is -0.479 e. The molecule has 0 spiro atoms. The average molecular weight is 338 g/mol. The largest absolute Gasteiger partial charge is 0.479 e. The SMILES string of the molecule is Cc1cc(Br)cc(S(=O)(=O)NC[C@H](O)C(=O)O)c1. The molecule has 0 amide bonds. The van der Waals surface area contributed by atoms with Crippen LogP contribution in [0.15, 0.2) is 27.6 Å². The molecule has 1 atom stereocenters. The Morgan fingerprint density at radius 3 is 2.56 bits per heavy atom. The molecule has 0 radical (unpaired) electrons. The number of sulfonamides is 1. The Morgan fingerprint density at radius 1 is 1.44 bits per heavy atom. The summed E-state index contributed by atoms with van der Waals surface area (Å²) in [5.41, 5.74) is 0.739. The zero-order valence-electron chi connectivity index (χ0n) is 9.42. The molecule has 6 nitrogen and oxygen atoms in total. The van der Waals surface area contributed by atoms with Gasteiger partial charge in [0.1, 0.15) is 0 Å². The molecule has 0 aliphatic rings. The van der Waals surface area contributed by atoms with Gasteiger partial charge in [-0.15, -0.1) is 0 Å². The van der Waals surface area contributed by atoms with Gasteiger partial charge in [0.15, 0.2) is 6.10 Å². The van der Waals surface area contributed by atoms with Crippen LogP contribution >= 0.6 is 15.9 Å². The fraction of sp³-hybridized carbons (Fsp3) is 0.300. The maximum absolute atomic E-state index is 11.8. The molecule has 0 aliphatic carbocycles. The smallest absolute Gasteiger partial charge is 0.333 e. The van der Waals surface area contributed by atoms with Gasteiger partial charge in [0.25, 0.3) is 0 Å². The van der Waals surface area contributed by atoms with Crippen molar-refractivity contribution in [3.63, 3.8) is 0 Å². The normalized spacial score (nSPS) is 13.3. The topological polar surface area (TPSA) is 104 Å². The van der Waals surface area contributed by atoms with Gasteiger partial charge in [-0.3, -0.25) is 0 Å². The van der Waals surface area contributed by atoms with Crippen molar-refractivity contribution in [2.24, 2.45) is 0 Å². The zero-order chi connectivity index (χ0) is 13.9. The summed E-state index contributed by atoms with van der Waals surface area (Å²) in [5.74, 6) is -1.48. The molecule has 0 fully saturated rings. The van der Waals surface area contributed by atoms with E-state index in [-0.39, 0.29) is 4.90 Å². The predicted molar refractivity (Wildman–Crippen MR) is 67.7 cm³/mol. The molecule has 0 aromatic heterocycles. The van der Waals surface area contributed by atoms with Crippen molar-refractivity contribution >= 4 is 31.9 Å². The lowest BCUT2D eigenvalue weighted by Crippen LogP contribution is -2.36. The van der Waals surface area contributed by atoms with Gasteiger partial charge >= 0.3 is 5.97 Å². The fourth-order valence-electron chi connectivity index (χ4n) is 1.22. The summed E-state index contributed by atoms with van der Waals surface area (Å²) >= 11 is 3.17. The van der Waals surface area contributed by atoms with Crippen LogP contribution in [0.5, 0.6) is 0 Å².